The molecule has 9 heteroatoms. The second-order valence-electron chi connectivity index (χ2n) is 10.8. The number of nitrogens with zero attached hydrogens (tertiary/aromatic N) is 5. The van der Waals surface area contributed by atoms with Crippen LogP contribution in [0, 0.1) is 6.92 Å². The van der Waals surface area contributed by atoms with E-state index < -0.39 is 0 Å². The summed E-state index contributed by atoms with van der Waals surface area (Å²) in [6.07, 6.45) is 4.57. The summed E-state index contributed by atoms with van der Waals surface area (Å²) in [5.74, 6) is 1.07. The van der Waals surface area contributed by atoms with E-state index in [1.54, 1.807) is 4.90 Å². The topological polar surface area (TPSA) is 84.9 Å². The van der Waals surface area contributed by atoms with Crippen molar-refractivity contribution in [1.82, 2.24) is 20.0 Å². The van der Waals surface area contributed by atoms with E-state index >= 15 is 0 Å². The number of amides is 1. The van der Waals surface area contributed by atoms with Gasteiger partial charge in [-0.3, -0.25) is 24.6 Å². The number of allylic oxidation sites excluding steroid dienone is 1. The third-order valence-electron chi connectivity index (χ3n) is 7.72. The summed E-state index contributed by atoms with van der Waals surface area (Å²) >= 11 is 7.09. The minimum Gasteiger partial charge on any atom is -0.354 e. The molecule has 8 nitrogen and oxygen atoms in total. The third-order valence-corrected chi connectivity index (χ3v) is 8.03. The number of aliphatic imine (C=N–C) groups is 1. The Morgan fingerprint density at radius 3 is 2.42 bits per heavy atom. The van der Waals surface area contributed by atoms with Gasteiger partial charge in [0.2, 0.25) is 6.41 Å². The number of piperazine rings is 1. The van der Waals surface area contributed by atoms with Gasteiger partial charge in [-0.1, -0.05) is 56.3 Å². The van der Waals surface area contributed by atoms with Crippen LogP contribution in [0.25, 0.3) is 22.0 Å². The number of carbonyl (C=O) groups is 2. The summed E-state index contributed by atoms with van der Waals surface area (Å²) in [4.78, 5) is 33.1. The molecule has 1 aliphatic heterocycles. The Labute approximate surface area is 258 Å². The predicted molar refractivity (Wildman–Crippen MR) is 178 cm³/mol. The van der Waals surface area contributed by atoms with Crippen LogP contribution in [0.3, 0.4) is 0 Å². The monoisotopic (exact) mass is 598 g/mol. The molecule has 1 N–H and O–H groups in total. The molecule has 0 unspecified atom stereocenters. The maximum Gasteiger partial charge on any atom is 0.218 e. The Bertz CT molecular complexity index is 1630. The van der Waals surface area contributed by atoms with Crippen molar-refractivity contribution in [3.8, 4) is 11.1 Å². The van der Waals surface area contributed by atoms with Crippen LogP contribution in [0.15, 0.2) is 72.4 Å². The number of rotatable bonds is 7. The normalized spacial score (nSPS) is 13.9. The van der Waals surface area contributed by atoms with Crippen molar-refractivity contribution in [2.75, 3.05) is 45.2 Å². The highest BCUT2D eigenvalue weighted by molar-refractivity contribution is 6.34. The van der Waals surface area contributed by atoms with Gasteiger partial charge in [-0.2, -0.15) is 5.10 Å². The first-order valence-electron chi connectivity index (χ1n) is 14.3. The Morgan fingerprint density at radius 2 is 1.79 bits per heavy atom. The van der Waals surface area contributed by atoms with Crippen LogP contribution in [0.2, 0.25) is 5.02 Å². The zero-order valence-electron chi connectivity index (χ0n) is 25.5. The molecule has 0 bridgehead atoms. The molecule has 5 rings (SSSR count). The van der Waals surface area contributed by atoms with Crippen LogP contribution in [-0.2, 0) is 9.59 Å². The molecular weight excluding hydrogens is 560 g/mol. The number of hydrogen-bond acceptors (Lipinski definition) is 5. The Hall–Kier alpha value is -4.27. The van der Waals surface area contributed by atoms with Gasteiger partial charge in [-0.15, -0.1) is 0 Å². The minimum absolute atomic E-state index is 0.234. The number of H-pyrrole nitrogens is 1. The lowest BCUT2D eigenvalue weighted by atomic mass is 9.94. The van der Waals surface area contributed by atoms with Gasteiger partial charge in [0.05, 0.1) is 23.1 Å². The Balaban J connectivity index is 0.000000996. The summed E-state index contributed by atoms with van der Waals surface area (Å²) < 4.78 is 0. The van der Waals surface area contributed by atoms with E-state index in [0.717, 1.165) is 88.5 Å². The van der Waals surface area contributed by atoms with E-state index in [-0.39, 0.29) is 5.92 Å². The summed E-state index contributed by atoms with van der Waals surface area (Å²) in [6.45, 7) is 13.0. The van der Waals surface area contributed by atoms with Crippen molar-refractivity contribution in [3.05, 3.63) is 89.1 Å². The third kappa shape index (κ3) is 6.71. The van der Waals surface area contributed by atoms with Gasteiger partial charge in [0.15, 0.2) is 0 Å². The van der Waals surface area contributed by atoms with Crippen LogP contribution >= 0.6 is 11.6 Å². The van der Waals surface area contributed by atoms with E-state index in [4.69, 9.17) is 21.4 Å². The Kier molecular flexibility index (Phi) is 10.5. The van der Waals surface area contributed by atoms with Crippen LogP contribution < -0.4 is 4.90 Å². The molecule has 0 aliphatic carbocycles. The molecule has 0 radical (unpaired) electrons. The number of hydrogen-bond donors (Lipinski definition) is 1. The number of aldehydes is 1. The first kappa shape index (κ1) is 31.7. The van der Waals surface area contributed by atoms with E-state index in [1.807, 2.05) is 49.6 Å². The second-order valence-corrected chi connectivity index (χ2v) is 11.2. The number of halogens is 1. The molecule has 224 valence electrons. The van der Waals surface area contributed by atoms with Crippen LogP contribution in [0.4, 0.5) is 11.4 Å². The SMILES string of the molecule is C=CC=O.CN=C(c1cc(Cl)c(-c2c(C)ccc3[nH]ncc23)cc1N(C=O)c1ccccc1C(C)C)N1CCN(C)CC1. The molecule has 43 heavy (non-hydrogen) atoms. The standard InChI is InChI=1S/C31H35ClN6O.C3H4O/c1-20(2)22-8-6-7-9-28(22)38(19-39)29-17-23(30-21(3)10-11-27-25(30)18-34-35-27)26(32)16-24(29)31(33-4)37-14-12-36(5)13-15-37;1-2-3-4/h6-11,16-20H,12-15H2,1-5H3,(H,34,35);2-3H,1H2. The van der Waals surface area contributed by atoms with Crippen molar-refractivity contribution in [2.45, 2.75) is 26.7 Å². The van der Waals surface area contributed by atoms with E-state index in [1.165, 1.54) is 6.08 Å². The van der Waals surface area contributed by atoms with Crippen molar-refractivity contribution in [2.24, 2.45) is 4.99 Å². The molecule has 1 saturated heterocycles. The molecule has 1 aromatic heterocycles. The van der Waals surface area contributed by atoms with Gasteiger partial charge in [-0.05, 0) is 66.9 Å². The number of fused-ring (bicyclic) bond motifs is 1. The fourth-order valence-electron chi connectivity index (χ4n) is 5.50. The van der Waals surface area contributed by atoms with Crippen LogP contribution in [-0.4, -0.2) is 78.8 Å². The number of carbonyl (C=O) groups excluding carboxylic acids is 2. The molecule has 1 fully saturated rings. The molecule has 0 saturated carbocycles. The number of aromatic amines is 1. The summed E-state index contributed by atoms with van der Waals surface area (Å²) in [6, 6.07) is 16.2. The average Bonchev–Trinajstić information content (AvgIpc) is 3.49. The van der Waals surface area contributed by atoms with Crippen LogP contribution in [0.5, 0.6) is 0 Å². The number of amidine groups is 1. The molecule has 1 amide bonds. The fourth-order valence-corrected chi connectivity index (χ4v) is 5.76. The first-order chi connectivity index (χ1) is 20.7. The number of aromatic nitrogens is 2. The van der Waals surface area contributed by atoms with Crippen molar-refractivity contribution in [3.63, 3.8) is 0 Å². The predicted octanol–water partition coefficient (Wildman–Crippen LogP) is 6.60. The molecule has 0 spiro atoms. The molecule has 3 aromatic carbocycles. The maximum atomic E-state index is 13.0. The van der Waals surface area contributed by atoms with E-state index in [2.05, 4.69) is 66.5 Å². The van der Waals surface area contributed by atoms with Crippen molar-refractivity contribution in [1.29, 1.82) is 0 Å². The summed E-state index contributed by atoms with van der Waals surface area (Å²) in [5.41, 5.74) is 7.38. The van der Waals surface area contributed by atoms with E-state index in [9.17, 15) is 4.79 Å². The Morgan fingerprint density at radius 1 is 1.09 bits per heavy atom. The number of benzene rings is 3. The lowest BCUT2D eigenvalue weighted by Crippen LogP contribution is -2.47. The first-order valence-corrected chi connectivity index (χ1v) is 14.7. The highest BCUT2D eigenvalue weighted by Gasteiger charge is 2.27. The quantitative estimate of drug-likeness (QED) is 0.112. The van der Waals surface area contributed by atoms with Gasteiger partial charge < -0.3 is 9.80 Å². The van der Waals surface area contributed by atoms with E-state index in [0.29, 0.717) is 11.3 Å². The maximum absolute atomic E-state index is 13.0. The number of para-hydroxylation sites is 1. The molecule has 1 aliphatic rings. The van der Waals surface area contributed by atoms with Gasteiger partial charge in [0.25, 0.3) is 0 Å². The van der Waals surface area contributed by atoms with Gasteiger partial charge in [0.1, 0.15) is 12.1 Å². The van der Waals surface area contributed by atoms with Gasteiger partial charge >= 0.3 is 0 Å². The van der Waals surface area contributed by atoms with Gasteiger partial charge in [0, 0.05) is 54.8 Å². The summed E-state index contributed by atoms with van der Waals surface area (Å²) in [5, 5.41) is 8.93. The fraction of sp³-hybridized carbons (Fsp3) is 0.294. The smallest absolute Gasteiger partial charge is 0.218 e. The largest absolute Gasteiger partial charge is 0.354 e. The molecule has 2 heterocycles. The number of aryl methyl sites for hydroxylation is 1. The zero-order valence-corrected chi connectivity index (χ0v) is 26.2. The zero-order chi connectivity index (χ0) is 31.1. The lowest BCUT2D eigenvalue weighted by molar-refractivity contribution is -0.107. The highest BCUT2D eigenvalue weighted by Crippen LogP contribution is 2.42. The van der Waals surface area contributed by atoms with Crippen molar-refractivity contribution < 1.29 is 9.59 Å². The number of likely N-dealkylation sites (N-methyl/N-ethyl adjacent to an activating group) is 1. The lowest BCUT2D eigenvalue weighted by Gasteiger charge is -2.36. The molecular formula is C34H39ClN6O2. The molecule has 0 atom stereocenters. The summed E-state index contributed by atoms with van der Waals surface area (Å²) in [7, 11) is 3.94. The second kappa shape index (κ2) is 14.3. The van der Waals surface area contributed by atoms with Crippen LogP contribution in [0.1, 0.15) is 36.5 Å². The van der Waals surface area contributed by atoms with Crippen molar-refractivity contribution >= 4 is 52.4 Å². The molecule has 4 aromatic rings. The van der Waals surface area contributed by atoms with Gasteiger partial charge in [-0.25, -0.2) is 0 Å². The number of anilines is 2. The number of nitrogens with one attached hydrogen (secondary N) is 1. The minimum atomic E-state index is 0.234. The average molecular weight is 599 g/mol. The highest BCUT2D eigenvalue weighted by atomic mass is 35.5.